The van der Waals surface area contributed by atoms with Crippen molar-refractivity contribution in [3.63, 3.8) is 0 Å². The minimum absolute atomic E-state index is 0.0802. The summed E-state index contributed by atoms with van der Waals surface area (Å²) in [6.07, 6.45) is 0.596. The molecule has 0 saturated heterocycles. The van der Waals surface area contributed by atoms with E-state index in [2.05, 4.69) is 5.32 Å². The third-order valence-corrected chi connectivity index (χ3v) is 3.25. The van der Waals surface area contributed by atoms with Crippen molar-refractivity contribution in [1.29, 1.82) is 5.26 Å². The van der Waals surface area contributed by atoms with Crippen LogP contribution in [0.3, 0.4) is 0 Å². The van der Waals surface area contributed by atoms with Gasteiger partial charge in [-0.1, -0.05) is 24.3 Å². The maximum atomic E-state index is 12.8. The summed E-state index contributed by atoms with van der Waals surface area (Å²) in [5, 5.41) is 23.2. The number of nitro groups is 1. The molecule has 0 heterocycles. The van der Waals surface area contributed by atoms with Crippen LogP contribution in [-0.2, 0) is 6.42 Å². The molecule has 112 valence electrons. The van der Waals surface area contributed by atoms with Crippen LogP contribution in [0.5, 0.6) is 0 Å². The first kappa shape index (κ1) is 15.6. The zero-order valence-electron chi connectivity index (χ0n) is 11.7. The molecule has 0 spiro atoms. The van der Waals surface area contributed by atoms with Gasteiger partial charge < -0.3 is 0 Å². The average molecular weight is 299 g/mol. The van der Waals surface area contributed by atoms with Crippen LogP contribution >= 0.6 is 0 Å². The van der Waals surface area contributed by atoms with Gasteiger partial charge in [0.05, 0.1) is 16.6 Å². The highest BCUT2D eigenvalue weighted by atomic mass is 19.1. The highest BCUT2D eigenvalue weighted by molar-refractivity contribution is 5.44. The lowest BCUT2D eigenvalue weighted by Crippen LogP contribution is -2.23. The van der Waals surface area contributed by atoms with Crippen LogP contribution in [0, 0.1) is 27.3 Å². The van der Waals surface area contributed by atoms with Crippen molar-refractivity contribution in [2.24, 2.45) is 0 Å². The second-order valence-electron chi connectivity index (χ2n) is 4.71. The molecule has 1 unspecified atom stereocenters. The summed E-state index contributed by atoms with van der Waals surface area (Å²) in [6.45, 7) is 0.454. The molecular weight excluding hydrogens is 285 g/mol. The van der Waals surface area contributed by atoms with Crippen molar-refractivity contribution in [2.45, 2.75) is 12.5 Å². The molecule has 2 aromatic carbocycles. The summed E-state index contributed by atoms with van der Waals surface area (Å²) in [6, 6.07) is 13.5. The Balaban J connectivity index is 2.03. The second-order valence-corrected chi connectivity index (χ2v) is 4.71. The number of para-hydroxylation sites is 1. The van der Waals surface area contributed by atoms with E-state index in [-0.39, 0.29) is 11.5 Å². The minimum Gasteiger partial charge on any atom is -0.298 e. The lowest BCUT2D eigenvalue weighted by atomic mass is 10.1. The molecule has 5 nitrogen and oxygen atoms in total. The predicted molar refractivity (Wildman–Crippen MR) is 79.6 cm³/mol. The molecule has 0 amide bonds. The van der Waals surface area contributed by atoms with Crippen LogP contribution < -0.4 is 5.32 Å². The fraction of sp³-hybridized carbons (Fsp3) is 0.188. The van der Waals surface area contributed by atoms with Crippen molar-refractivity contribution < 1.29 is 9.31 Å². The second kappa shape index (κ2) is 7.29. The average Bonchev–Trinajstić information content (AvgIpc) is 2.53. The summed E-state index contributed by atoms with van der Waals surface area (Å²) in [7, 11) is 0. The van der Waals surface area contributed by atoms with E-state index >= 15 is 0 Å². The van der Waals surface area contributed by atoms with Crippen LogP contribution in [0.25, 0.3) is 0 Å². The third kappa shape index (κ3) is 3.87. The van der Waals surface area contributed by atoms with Crippen LogP contribution in [-0.4, -0.2) is 11.5 Å². The molecule has 0 saturated carbocycles. The summed E-state index contributed by atoms with van der Waals surface area (Å²) < 4.78 is 12.8. The van der Waals surface area contributed by atoms with Crippen LogP contribution in [0.2, 0.25) is 0 Å². The first-order valence-corrected chi connectivity index (χ1v) is 6.72. The smallest absolute Gasteiger partial charge is 0.275 e. The lowest BCUT2D eigenvalue weighted by molar-refractivity contribution is -0.385. The van der Waals surface area contributed by atoms with Gasteiger partial charge in [-0.05, 0) is 30.2 Å². The van der Waals surface area contributed by atoms with Gasteiger partial charge in [-0.15, -0.1) is 0 Å². The Hall–Kier alpha value is -2.78. The molecule has 0 bridgehead atoms. The predicted octanol–water partition coefficient (Wildman–Crippen LogP) is 3.13. The van der Waals surface area contributed by atoms with E-state index in [1.54, 1.807) is 30.3 Å². The van der Waals surface area contributed by atoms with Crippen molar-refractivity contribution in [3.05, 3.63) is 75.6 Å². The van der Waals surface area contributed by atoms with Crippen molar-refractivity contribution in [1.82, 2.24) is 5.32 Å². The van der Waals surface area contributed by atoms with Crippen molar-refractivity contribution in [3.8, 4) is 6.07 Å². The zero-order valence-corrected chi connectivity index (χ0v) is 11.7. The highest BCUT2D eigenvalue weighted by Crippen LogP contribution is 2.24. The molecule has 2 rings (SSSR count). The third-order valence-electron chi connectivity index (χ3n) is 3.25. The minimum atomic E-state index is -0.762. The Kier molecular flexibility index (Phi) is 5.17. The van der Waals surface area contributed by atoms with Gasteiger partial charge in [0.1, 0.15) is 11.9 Å². The molecule has 22 heavy (non-hydrogen) atoms. The molecule has 1 atom stereocenters. The van der Waals surface area contributed by atoms with Gasteiger partial charge in [0, 0.05) is 12.6 Å². The van der Waals surface area contributed by atoms with E-state index in [9.17, 15) is 19.8 Å². The quantitative estimate of drug-likeness (QED) is 0.656. The Morgan fingerprint density at radius 3 is 2.55 bits per heavy atom. The molecule has 0 aliphatic heterocycles. The maximum Gasteiger partial charge on any atom is 0.275 e. The summed E-state index contributed by atoms with van der Waals surface area (Å²) >= 11 is 0. The van der Waals surface area contributed by atoms with E-state index in [0.717, 1.165) is 5.56 Å². The largest absolute Gasteiger partial charge is 0.298 e. The first-order chi connectivity index (χ1) is 10.6. The number of hydrogen-bond donors (Lipinski definition) is 1. The Labute approximate surface area is 127 Å². The molecule has 0 aromatic heterocycles. The van der Waals surface area contributed by atoms with E-state index in [1.165, 1.54) is 18.2 Å². The molecule has 0 aliphatic rings. The summed E-state index contributed by atoms with van der Waals surface area (Å²) in [4.78, 5) is 10.5. The number of benzene rings is 2. The monoisotopic (exact) mass is 299 g/mol. The number of nitrogens with one attached hydrogen (secondary N) is 1. The van der Waals surface area contributed by atoms with Gasteiger partial charge in [-0.25, -0.2) is 4.39 Å². The molecular formula is C16H14FN3O2. The van der Waals surface area contributed by atoms with Crippen LogP contribution in [0.15, 0.2) is 48.5 Å². The van der Waals surface area contributed by atoms with Gasteiger partial charge in [-0.2, -0.15) is 5.26 Å². The zero-order chi connectivity index (χ0) is 15.9. The standard InChI is InChI=1S/C16H14FN3O2/c17-13-7-5-12(6-8-13)9-10-19-15(11-18)14-3-1-2-4-16(14)20(21)22/h1-8,15,19H,9-10H2. The number of nitro benzene ring substituents is 1. The molecule has 6 heteroatoms. The summed E-state index contributed by atoms with van der Waals surface area (Å²) in [5.41, 5.74) is 1.19. The van der Waals surface area contributed by atoms with Crippen molar-refractivity contribution in [2.75, 3.05) is 6.54 Å². The van der Waals surface area contributed by atoms with Crippen molar-refractivity contribution >= 4 is 5.69 Å². The fourth-order valence-electron chi connectivity index (χ4n) is 2.13. The SMILES string of the molecule is N#CC(NCCc1ccc(F)cc1)c1ccccc1[N+](=O)[O-]. The number of rotatable bonds is 6. The molecule has 0 fully saturated rings. The maximum absolute atomic E-state index is 12.8. The van der Waals surface area contributed by atoms with Gasteiger partial charge >= 0.3 is 0 Å². The van der Waals surface area contributed by atoms with Gasteiger partial charge in [0.25, 0.3) is 5.69 Å². The normalized spacial score (nSPS) is 11.6. The Bertz CT molecular complexity index is 695. The number of hydrogen-bond acceptors (Lipinski definition) is 4. The van der Waals surface area contributed by atoms with Crippen LogP contribution in [0.4, 0.5) is 10.1 Å². The number of halogens is 1. The first-order valence-electron chi connectivity index (χ1n) is 6.72. The molecule has 2 aromatic rings. The number of nitrogens with zero attached hydrogens (tertiary/aromatic N) is 2. The van der Waals surface area contributed by atoms with E-state index < -0.39 is 11.0 Å². The van der Waals surface area contributed by atoms with E-state index in [0.29, 0.717) is 18.5 Å². The van der Waals surface area contributed by atoms with E-state index in [4.69, 9.17) is 0 Å². The summed E-state index contributed by atoms with van der Waals surface area (Å²) in [5.74, 6) is -0.300. The molecule has 0 aliphatic carbocycles. The number of nitriles is 1. The highest BCUT2D eigenvalue weighted by Gasteiger charge is 2.20. The van der Waals surface area contributed by atoms with Crippen LogP contribution in [0.1, 0.15) is 17.2 Å². The topological polar surface area (TPSA) is 79.0 Å². The van der Waals surface area contributed by atoms with Gasteiger partial charge in [0.2, 0.25) is 0 Å². The lowest BCUT2D eigenvalue weighted by Gasteiger charge is -2.12. The molecule has 0 radical (unpaired) electrons. The van der Waals surface area contributed by atoms with E-state index in [1.807, 2.05) is 6.07 Å². The van der Waals surface area contributed by atoms with Gasteiger partial charge in [-0.3, -0.25) is 15.4 Å². The Morgan fingerprint density at radius 1 is 1.23 bits per heavy atom. The Morgan fingerprint density at radius 2 is 1.91 bits per heavy atom. The molecule has 1 N–H and O–H groups in total. The van der Waals surface area contributed by atoms with Gasteiger partial charge in [0.15, 0.2) is 0 Å². The fourth-order valence-corrected chi connectivity index (χ4v) is 2.13.